The fourth-order valence-corrected chi connectivity index (χ4v) is 4.54. The summed E-state index contributed by atoms with van der Waals surface area (Å²) in [5, 5.41) is 0. The van der Waals surface area contributed by atoms with E-state index in [9.17, 15) is 13.2 Å². The Morgan fingerprint density at radius 2 is 2.00 bits per heavy atom. The Kier molecular flexibility index (Phi) is 4.60. The van der Waals surface area contributed by atoms with Gasteiger partial charge in [0, 0.05) is 12.1 Å². The van der Waals surface area contributed by atoms with Crippen molar-refractivity contribution in [1.82, 2.24) is 4.31 Å². The van der Waals surface area contributed by atoms with Crippen LogP contribution in [0.5, 0.6) is 0 Å². The van der Waals surface area contributed by atoms with Crippen LogP contribution < -0.4 is 11.5 Å². The van der Waals surface area contributed by atoms with E-state index in [0.29, 0.717) is 30.5 Å². The average molecular weight is 327 g/mol. The molecule has 0 spiro atoms. The molecule has 1 aliphatic rings. The first kappa shape index (κ1) is 15.9. The van der Waals surface area contributed by atoms with Gasteiger partial charge in [-0.2, -0.15) is 4.31 Å². The second kappa shape index (κ2) is 6.08. The van der Waals surface area contributed by atoms with Gasteiger partial charge in [-0.15, -0.1) is 0 Å². The first-order chi connectivity index (χ1) is 9.83. The summed E-state index contributed by atoms with van der Waals surface area (Å²) < 4.78 is 26.2. The highest BCUT2D eigenvalue weighted by molar-refractivity contribution is 7.88. The molecule has 2 rings (SSSR count). The van der Waals surface area contributed by atoms with Crippen LogP contribution in [0.25, 0.3) is 0 Å². The summed E-state index contributed by atoms with van der Waals surface area (Å²) in [5.41, 5.74) is 11.9. The van der Waals surface area contributed by atoms with Gasteiger partial charge in [-0.3, -0.25) is 4.79 Å². The van der Waals surface area contributed by atoms with Crippen LogP contribution >= 0.6 is 12.2 Å². The van der Waals surface area contributed by atoms with Gasteiger partial charge in [0.15, 0.2) is 0 Å². The Bertz CT molecular complexity index is 673. The maximum absolute atomic E-state index is 12.5. The molecule has 0 aromatic heterocycles. The molecule has 21 heavy (non-hydrogen) atoms. The van der Waals surface area contributed by atoms with Crippen LogP contribution in [0.2, 0.25) is 0 Å². The number of nitrogens with zero attached hydrogens (tertiary/aromatic N) is 1. The lowest BCUT2D eigenvalue weighted by Crippen LogP contribution is -2.44. The van der Waals surface area contributed by atoms with Crippen molar-refractivity contribution in [3.05, 3.63) is 35.4 Å². The van der Waals surface area contributed by atoms with E-state index in [1.807, 2.05) is 0 Å². The van der Waals surface area contributed by atoms with E-state index < -0.39 is 22.0 Å². The van der Waals surface area contributed by atoms with E-state index in [1.165, 1.54) is 4.31 Å². The smallest absolute Gasteiger partial charge is 0.235 e. The molecule has 0 saturated carbocycles. The fraction of sp³-hybridized carbons (Fsp3) is 0.385. The van der Waals surface area contributed by atoms with E-state index in [4.69, 9.17) is 23.7 Å². The van der Waals surface area contributed by atoms with Crippen LogP contribution in [0.1, 0.15) is 24.0 Å². The van der Waals surface area contributed by atoms with E-state index in [-0.39, 0.29) is 10.7 Å². The van der Waals surface area contributed by atoms with Crippen molar-refractivity contribution in [2.24, 2.45) is 11.5 Å². The lowest BCUT2D eigenvalue weighted by atomic mass is 10.1. The quantitative estimate of drug-likeness (QED) is 0.746. The summed E-state index contributed by atoms with van der Waals surface area (Å²) in [4.78, 5) is 11.5. The molecule has 1 saturated heterocycles. The van der Waals surface area contributed by atoms with Crippen LogP contribution in [-0.2, 0) is 20.6 Å². The van der Waals surface area contributed by atoms with Gasteiger partial charge in [0.1, 0.15) is 11.0 Å². The van der Waals surface area contributed by atoms with Crippen molar-refractivity contribution in [3.8, 4) is 0 Å². The Hall–Kier alpha value is -1.51. The predicted molar refractivity (Wildman–Crippen MR) is 83.9 cm³/mol. The molecule has 1 aromatic rings. The van der Waals surface area contributed by atoms with Gasteiger partial charge < -0.3 is 11.5 Å². The zero-order chi connectivity index (χ0) is 15.6. The van der Waals surface area contributed by atoms with Crippen molar-refractivity contribution in [1.29, 1.82) is 0 Å². The molecule has 1 aliphatic heterocycles. The van der Waals surface area contributed by atoms with Crippen LogP contribution in [0.3, 0.4) is 0 Å². The van der Waals surface area contributed by atoms with E-state index in [0.717, 1.165) is 0 Å². The molecule has 1 amide bonds. The second-order valence-corrected chi connectivity index (χ2v) is 7.31. The summed E-state index contributed by atoms with van der Waals surface area (Å²) in [6, 6.07) is 6.06. The minimum atomic E-state index is -3.65. The van der Waals surface area contributed by atoms with Gasteiger partial charge in [0.2, 0.25) is 15.9 Å². The number of thiocarbonyl (C=S) groups is 1. The number of carbonyl (C=O) groups excluding carboxylic acids is 1. The fourth-order valence-electron chi connectivity index (χ4n) is 2.52. The van der Waals surface area contributed by atoms with Crippen LogP contribution in [0.15, 0.2) is 24.3 Å². The number of sulfonamides is 1. The SMILES string of the molecule is NC(=O)C1CCCN1S(=O)(=O)Cc1ccccc1C(N)=S. The van der Waals surface area contributed by atoms with E-state index >= 15 is 0 Å². The van der Waals surface area contributed by atoms with Gasteiger partial charge in [0.25, 0.3) is 0 Å². The largest absolute Gasteiger partial charge is 0.389 e. The molecule has 1 fully saturated rings. The summed E-state index contributed by atoms with van der Waals surface area (Å²) in [7, 11) is -3.65. The van der Waals surface area contributed by atoms with Gasteiger partial charge in [-0.25, -0.2) is 8.42 Å². The van der Waals surface area contributed by atoms with Crippen LogP contribution in [-0.4, -0.2) is 36.2 Å². The van der Waals surface area contributed by atoms with Gasteiger partial charge in [-0.1, -0.05) is 36.5 Å². The third-order valence-electron chi connectivity index (χ3n) is 3.51. The standard InChI is InChI=1S/C13H17N3O3S2/c14-12(17)11-6-3-7-16(11)21(18,19)8-9-4-1-2-5-10(9)13(15)20/h1-2,4-5,11H,3,6-8H2,(H2,14,17)(H2,15,20). The molecule has 1 heterocycles. The van der Waals surface area contributed by atoms with Crippen molar-refractivity contribution in [3.63, 3.8) is 0 Å². The third-order valence-corrected chi connectivity index (χ3v) is 5.56. The third kappa shape index (κ3) is 3.39. The molecule has 6 nitrogen and oxygen atoms in total. The highest BCUT2D eigenvalue weighted by Gasteiger charge is 2.37. The summed E-state index contributed by atoms with van der Waals surface area (Å²) in [6.07, 6.45) is 1.09. The Balaban J connectivity index is 2.30. The molecule has 4 N–H and O–H groups in total. The first-order valence-corrected chi connectivity index (χ1v) is 8.51. The molecule has 0 radical (unpaired) electrons. The van der Waals surface area contributed by atoms with Crippen molar-refractivity contribution < 1.29 is 13.2 Å². The summed E-state index contributed by atoms with van der Waals surface area (Å²) in [5.74, 6) is -0.858. The molecule has 1 aromatic carbocycles. The predicted octanol–water partition coefficient (Wildman–Crippen LogP) is 0.100. The maximum atomic E-state index is 12.5. The van der Waals surface area contributed by atoms with Crippen molar-refractivity contribution in [2.45, 2.75) is 24.6 Å². The second-order valence-electron chi connectivity index (χ2n) is 4.95. The number of carbonyl (C=O) groups is 1. The number of primary amides is 1. The minimum absolute atomic E-state index is 0.147. The number of hydrogen-bond donors (Lipinski definition) is 2. The molecule has 0 bridgehead atoms. The van der Waals surface area contributed by atoms with Gasteiger partial charge >= 0.3 is 0 Å². The molecule has 1 atom stereocenters. The van der Waals surface area contributed by atoms with Crippen LogP contribution in [0, 0.1) is 0 Å². The zero-order valence-electron chi connectivity index (χ0n) is 11.4. The highest BCUT2D eigenvalue weighted by atomic mass is 32.2. The van der Waals surface area contributed by atoms with E-state index in [2.05, 4.69) is 0 Å². The Morgan fingerprint density at radius 1 is 1.33 bits per heavy atom. The van der Waals surface area contributed by atoms with Crippen LogP contribution in [0.4, 0.5) is 0 Å². The number of nitrogens with two attached hydrogens (primary N) is 2. The molecular formula is C13H17N3O3S2. The normalized spacial score (nSPS) is 19.5. The van der Waals surface area contributed by atoms with Crippen molar-refractivity contribution in [2.75, 3.05) is 6.54 Å². The topological polar surface area (TPSA) is 106 Å². The number of rotatable bonds is 5. The zero-order valence-corrected chi connectivity index (χ0v) is 13.0. The van der Waals surface area contributed by atoms with E-state index in [1.54, 1.807) is 24.3 Å². The summed E-state index contributed by atoms with van der Waals surface area (Å²) >= 11 is 4.93. The molecule has 8 heteroatoms. The van der Waals surface area contributed by atoms with Gasteiger partial charge in [-0.05, 0) is 18.4 Å². The van der Waals surface area contributed by atoms with Gasteiger partial charge in [0.05, 0.1) is 5.75 Å². The summed E-state index contributed by atoms with van der Waals surface area (Å²) in [6.45, 7) is 0.311. The minimum Gasteiger partial charge on any atom is -0.389 e. The first-order valence-electron chi connectivity index (χ1n) is 6.49. The Morgan fingerprint density at radius 3 is 2.62 bits per heavy atom. The highest BCUT2D eigenvalue weighted by Crippen LogP contribution is 2.24. The molecule has 114 valence electrons. The molecular weight excluding hydrogens is 310 g/mol. The molecule has 0 aliphatic carbocycles. The maximum Gasteiger partial charge on any atom is 0.235 e. The monoisotopic (exact) mass is 327 g/mol. The lowest BCUT2D eigenvalue weighted by molar-refractivity contribution is -0.121. The Labute approximate surface area is 129 Å². The molecule has 1 unspecified atom stereocenters. The number of benzene rings is 1. The van der Waals surface area contributed by atoms with Crippen molar-refractivity contribution >= 4 is 33.1 Å². The number of hydrogen-bond acceptors (Lipinski definition) is 4. The lowest BCUT2D eigenvalue weighted by Gasteiger charge is -2.22. The number of amides is 1. The average Bonchev–Trinajstić information content (AvgIpc) is 2.88.